The quantitative estimate of drug-likeness (QED) is 0.593. The van der Waals surface area contributed by atoms with Crippen molar-refractivity contribution in [3.63, 3.8) is 0 Å². The monoisotopic (exact) mass is 371 g/mol. The van der Waals surface area contributed by atoms with E-state index in [2.05, 4.69) is 0 Å². The highest BCUT2D eigenvalue weighted by atomic mass is 32.2. The third-order valence-corrected chi connectivity index (χ3v) is 5.37. The Balaban J connectivity index is 1.84. The standard InChI is InChI=1S/C15H14FNO5S2/c1-10-2-7-14(23-10)13(18)9-22-15(19)8-17-24(20,21)12-5-3-11(16)4-6-12/h2-7,17H,8-9H2,1H3. The van der Waals surface area contributed by atoms with Gasteiger partial charge in [-0.15, -0.1) is 11.3 Å². The number of ketones is 1. The van der Waals surface area contributed by atoms with Crippen LogP contribution in [0.5, 0.6) is 0 Å². The molecule has 0 fully saturated rings. The first-order valence-electron chi connectivity index (χ1n) is 6.78. The zero-order chi connectivity index (χ0) is 17.7. The fourth-order valence-electron chi connectivity index (χ4n) is 1.70. The van der Waals surface area contributed by atoms with Crippen molar-refractivity contribution >= 4 is 33.1 Å². The fraction of sp³-hybridized carbons (Fsp3) is 0.200. The number of halogens is 1. The molecule has 0 spiro atoms. The number of carbonyl (C=O) groups is 2. The van der Waals surface area contributed by atoms with Crippen molar-refractivity contribution in [1.82, 2.24) is 4.72 Å². The molecule has 0 bridgehead atoms. The van der Waals surface area contributed by atoms with Crippen LogP contribution in [-0.4, -0.2) is 33.3 Å². The summed E-state index contributed by atoms with van der Waals surface area (Å²) in [5.41, 5.74) is 0. The minimum absolute atomic E-state index is 0.179. The molecule has 0 aliphatic rings. The summed E-state index contributed by atoms with van der Waals surface area (Å²) in [6.07, 6.45) is 0. The Kier molecular flexibility index (Phi) is 5.81. The van der Waals surface area contributed by atoms with E-state index in [1.165, 1.54) is 11.3 Å². The van der Waals surface area contributed by atoms with Crippen LogP contribution in [0.4, 0.5) is 4.39 Å². The van der Waals surface area contributed by atoms with Crippen LogP contribution in [0, 0.1) is 12.7 Å². The summed E-state index contributed by atoms with van der Waals surface area (Å²) < 4.78 is 43.4. The summed E-state index contributed by atoms with van der Waals surface area (Å²) >= 11 is 1.28. The van der Waals surface area contributed by atoms with Crippen LogP contribution in [-0.2, 0) is 19.6 Å². The molecule has 24 heavy (non-hydrogen) atoms. The van der Waals surface area contributed by atoms with Crippen molar-refractivity contribution in [3.05, 3.63) is 52.0 Å². The Bertz CT molecular complexity index is 843. The minimum Gasteiger partial charge on any atom is -0.456 e. The number of Topliss-reactive ketones (excluding diaryl/α,β-unsaturated/α-hetero) is 1. The second kappa shape index (κ2) is 7.65. The smallest absolute Gasteiger partial charge is 0.321 e. The molecule has 2 rings (SSSR count). The Morgan fingerprint density at radius 1 is 1.17 bits per heavy atom. The maximum atomic E-state index is 12.8. The molecule has 9 heteroatoms. The molecule has 0 amide bonds. The number of thiophene rings is 1. The number of nitrogens with one attached hydrogen (secondary N) is 1. The minimum atomic E-state index is -3.96. The first kappa shape index (κ1) is 18.2. The van der Waals surface area contributed by atoms with Crippen molar-refractivity contribution in [1.29, 1.82) is 0 Å². The molecule has 0 atom stereocenters. The van der Waals surface area contributed by atoms with Crippen LogP contribution in [0.25, 0.3) is 0 Å². The van der Waals surface area contributed by atoms with E-state index in [-0.39, 0.29) is 10.7 Å². The summed E-state index contributed by atoms with van der Waals surface area (Å²) in [5, 5.41) is 0. The van der Waals surface area contributed by atoms with Crippen LogP contribution in [0.15, 0.2) is 41.3 Å². The van der Waals surface area contributed by atoms with Crippen LogP contribution in [0.3, 0.4) is 0 Å². The van der Waals surface area contributed by atoms with E-state index in [1.807, 2.05) is 11.6 Å². The summed E-state index contributed by atoms with van der Waals surface area (Å²) in [6.45, 7) is 0.755. The maximum absolute atomic E-state index is 12.8. The lowest BCUT2D eigenvalue weighted by molar-refractivity contribution is -0.141. The van der Waals surface area contributed by atoms with Crippen molar-refractivity contribution < 1.29 is 27.1 Å². The van der Waals surface area contributed by atoms with Gasteiger partial charge in [0.15, 0.2) is 6.61 Å². The van der Waals surface area contributed by atoms with Gasteiger partial charge in [0.2, 0.25) is 15.8 Å². The van der Waals surface area contributed by atoms with Crippen LogP contribution in [0.1, 0.15) is 14.5 Å². The largest absolute Gasteiger partial charge is 0.456 e. The number of hydrogen-bond donors (Lipinski definition) is 1. The van der Waals surface area contributed by atoms with E-state index < -0.39 is 35.0 Å². The van der Waals surface area contributed by atoms with Gasteiger partial charge in [-0.1, -0.05) is 0 Å². The van der Waals surface area contributed by atoms with Gasteiger partial charge in [-0.2, -0.15) is 4.72 Å². The lowest BCUT2D eigenvalue weighted by atomic mass is 10.3. The molecular formula is C15H14FNO5S2. The Hall–Kier alpha value is -2.10. The summed E-state index contributed by atoms with van der Waals surface area (Å²) in [7, 11) is -3.96. The molecule has 6 nitrogen and oxygen atoms in total. The van der Waals surface area contributed by atoms with E-state index >= 15 is 0 Å². The lowest BCUT2D eigenvalue weighted by Gasteiger charge is -2.07. The molecule has 128 valence electrons. The number of sulfonamides is 1. The molecule has 0 saturated heterocycles. The van der Waals surface area contributed by atoms with Gasteiger partial charge in [0.25, 0.3) is 0 Å². The summed E-state index contributed by atoms with van der Waals surface area (Å²) in [6, 6.07) is 7.55. The van der Waals surface area contributed by atoms with Crippen molar-refractivity contribution in [2.45, 2.75) is 11.8 Å². The van der Waals surface area contributed by atoms with Crippen LogP contribution < -0.4 is 4.72 Å². The number of rotatable bonds is 7. The van der Waals surface area contributed by atoms with E-state index in [0.29, 0.717) is 4.88 Å². The number of benzene rings is 1. The molecule has 1 N–H and O–H groups in total. The molecule has 0 aliphatic carbocycles. The van der Waals surface area contributed by atoms with E-state index in [4.69, 9.17) is 4.74 Å². The second-order valence-corrected chi connectivity index (χ2v) is 7.83. The Morgan fingerprint density at radius 3 is 2.42 bits per heavy atom. The zero-order valence-corrected chi connectivity index (χ0v) is 14.2. The number of aryl methyl sites for hydroxylation is 1. The third-order valence-electron chi connectivity index (χ3n) is 2.91. The molecule has 0 radical (unpaired) electrons. The predicted octanol–water partition coefficient (Wildman–Crippen LogP) is 1.90. The highest BCUT2D eigenvalue weighted by Gasteiger charge is 2.17. The first-order valence-corrected chi connectivity index (χ1v) is 9.08. The summed E-state index contributed by atoms with van der Waals surface area (Å²) in [4.78, 5) is 24.6. The Morgan fingerprint density at radius 2 is 1.83 bits per heavy atom. The molecule has 0 aliphatic heterocycles. The molecule has 2 aromatic rings. The average Bonchev–Trinajstić information content (AvgIpc) is 2.98. The highest BCUT2D eigenvalue weighted by molar-refractivity contribution is 7.89. The van der Waals surface area contributed by atoms with Gasteiger partial charge in [-0.25, -0.2) is 12.8 Å². The van der Waals surface area contributed by atoms with Crippen molar-refractivity contribution in [3.8, 4) is 0 Å². The van der Waals surface area contributed by atoms with Gasteiger partial charge in [-0.3, -0.25) is 9.59 Å². The van der Waals surface area contributed by atoms with E-state index in [9.17, 15) is 22.4 Å². The number of carbonyl (C=O) groups excluding carboxylic acids is 2. The maximum Gasteiger partial charge on any atom is 0.321 e. The molecule has 1 heterocycles. The van der Waals surface area contributed by atoms with E-state index in [0.717, 1.165) is 29.1 Å². The highest BCUT2D eigenvalue weighted by Crippen LogP contribution is 2.15. The normalized spacial score (nSPS) is 11.2. The topological polar surface area (TPSA) is 89.5 Å². The molecular weight excluding hydrogens is 357 g/mol. The van der Waals surface area contributed by atoms with Gasteiger partial charge in [0.1, 0.15) is 12.4 Å². The third kappa shape index (κ3) is 4.95. The Labute approximate surface area is 142 Å². The zero-order valence-electron chi connectivity index (χ0n) is 12.6. The molecule has 1 aromatic carbocycles. The lowest BCUT2D eigenvalue weighted by Crippen LogP contribution is -2.31. The second-order valence-electron chi connectivity index (χ2n) is 4.77. The van der Waals surface area contributed by atoms with E-state index in [1.54, 1.807) is 12.1 Å². The predicted molar refractivity (Wildman–Crippen MR) is 85.9 cm³/mol. The van der Waals surface area contributed by atoms with Gasteiger partial charge >= 0.3 is 5.97 Å². The first-order chi connectivity index (χ1) is 11.3. The summed E-state index contributed by atoms with van der Waals surface area (Å²) in [5.74, 6) is -1.82. The SMILES string of the molecule is Cc1ccc(C(=O)COC(=O)CNS(=O)(=O)c2ccc(F)cc2)s1. The molecule has 0 unspecified atom stereocenters. The molecule has 0 saturated carbocycles. The van der Waals surface area contributed by atoms with Gasteiger partial charge in [0, 0.05) is 4.88 Å². The van der Waals surface area contributed by atoms with Gasteiger partial charge < -0.3 is 4.74 Å². The molecule has 1 aromatic heterocycles. The average molecular weight is 371 g/mol. The number of hydrogen-bond acceptors (Lipinski definition) is 6. The number of ether oxygens (including phenoxy) is 1. The van der Waals surface area contributed by atoms with Gasteiger partial charge in [-0.05, 0) is 43.3 Å². The van der Waals surface area contributed by atoms with Crippen LogP contribution >= 0.6 is 11.3 Å². The van der Waals surface area contributed by atoms with Gasteiger partial charge in [0.05, 0.1) is 9.77 Å². The number of esters is 1. The van der Waals surface area contributed by atoms with Crippen molar-refractivity contribution in [2.75, 3.05) is 13.2 Å². The van der Waals surface area contributed by atoms with Crippen LogP contribution in [0.2, 0.25) is 0 Å². The van der Waals surface area contributed by atoms with Crippen molar-refractivity contribution in [2.24, 2.45) is 0 Å². The fourth-order valence-corrected chi connectivity index (χ4v) is 3.46.